The van der Waals surface area contributed by atoms with Crippen LogP contribution in [0.15, 0.2) is 5.38 Å². The molecule has 18 heavy (non-hydrogen) atoms. The minimum Gasteiger partial charge on any atom is -0.382 e. The Labute approximate surface area is 108 Å². The van der Waals surface area contributed by atoms with Crippen molar-refractivity contribution in [2.24, 2.45) is 0 Å². The summed E-state index contributed by atoms with van der Waals surface area (Å²) in [5, 5.41) is 11.7. The number of aromatic nitrogens is 1. The number of hydrogen-bond acceptors (Lipinski definition) is 4. The van der Waals surface area contributed by atoms with E-state index in [1.165, 1.54) is 23.3 Å². The lowest BCUT2D eigenvalue weighted by Crippen LogP contribution is -2.39. The maximum Gasteiger partial charge on any atom is 0.415 e. The van der Waals surface area contributed by atoms with Crippen LogP contribution in [0.4, 0.5) is 13.2 Å². The Morgan fingerprint density at radius 2 is 2.06 bits per heavy atom. The predicted octanol–water partition coefficient (Wildman–Crippen LogP) is 2.62. The molecule has 7 heteroatoms. The van der Waals surface area contributed by atoms with Crippen LogP contribution in [-0.4, -0.2) is 40.9 Å². The Morgan fingerprint density at radius 3 is 2.50 bits per heavy atom. The average Bonchev–Trinajstić information content (AvgIpc) is 2.64. The summed E-state index contributed by atoms with van der Waals surface area (Å²) in [6.07, 6.45) is -6.88. The molecule has 0 aliphatic carbocycles. The molecule has 1 rings (SSSR count). The van der Waals surface area contributed by atoms with E-state index in [9.17, 15) is 13.2 Å². The molecule has 1 unspecified atom stereocenters. The second kappa shape index (κ2) is 5.99. The van der Waals surface area contributed by atoms with Crippen LogP contribution in [0.5, 0.6) is 0 Å². The van der Waals surface area contributed by atoms with Gasteiger partial charge in [0.25, 0.3) is 0 Å². The van der Waals surface area contributed by atoms with E-state index in [0.29, 0.717) is 12.5 Å². The normalized spacial score (nSPS) is 14.5. The average molecular weight is 282 g/mol. The SMILES string of the molecule is CC(C)c1nc(CN(C)CC(O)C(F)(F)F)cs1. The summed E-state index contributed by atoms with van der Waals surface area (Å²) in [5.41, 5.74) is 0.737. The molecule has 1 N–H and O–H groups in total. The van der Waals surface area contributed by atoms with Crippen molar-refractivity contribution in [2.75, 3.05) is 13.6 Å². The number of nitrogens with zero attached hydrogens (tertiary/aromatic N) is 2. The molecular weight excluding hydrogens is 265 g/mol. The number of aliphatic hydroxyl groups is 1. The van der Waals surface area contributed by atoms with Crippen LogP contribution in [0.3, 0.4) is 0 Å². The Balaban J connectivity index is 2.51. The number of thiazole rings is 1. The zero-order valence-electron chi connectivity index (χ0n) is 10.5. The third-order valence-electron chi connectivity index (χ3n) is 2.36. The smallest absolute Gasteiger partial charge is 0.382 e. The first-order chi connectivity index (χ1) is 8.20. The van der Waals surface area contributed by atoms with E-state index < -0.39 is 18.8 Å². The van der Waals surface area contributed by atoms with Crippen molar-refractivity contribution in [3.63, 3.8) is 0 Å². The minimum absolute atomic E-state index is 0.302. The molecule has 0 aromatic carbocycles. The first-order valence-electron chi connectivity index (χ1n) is 5.57. The summed E-state index contributed by atoms with van der Waals surface area (Å²) >= 11 is 1.50. The lowest BCUT2D eigenvalue weighted by Gasteiger charge is -2.21. The second-order valence-corrected chi connectivity index (χ2v) is 5.48. The molecule has 1 heterocycles. The number of hydrogen-bond donors (Lipinski definition) is 1. The fraction of sp³-hybridized carbons (Fsp3) is 0.727. The molecule has 0 saturated carbocycles. The Bertz CT molecular complexity index is 379. The number of rotatable bonds is 5. The van der Waals surface area contributed by atoms with Crippen molar-refractivity contribution in [1.29, 1.82) is 0 Å². The first kappa shape index (κ1) is 15.4. The highest BCUT2D eigenvalue weighted by Gasteiger charge is 2.38. The highest BCUT2D eigenvalue weighted by atomic mass is 32.1. The van der Waals surface area contributed by atoms with Gasteiger partial charge in [-0.25, -0.2) is 4.98 Å². The highest BCUT2D eigenvalue weighted by Crippen LogP contribution is 2.22. The fourth-order valence-corrected chi connectivity index (χ4v) is 2.23. The maximum absolute atomic E-state index is 12.2. The van der Waals surface area contributed by atoms with Gasteiger partial charge in [-0.2, -0.15) is 13.2 Å². The van der Waals surface area contributed by atoms with Crippen molar-refractivity contribution in [3.05, 3.63) is 16.1 Å². The van der Waals surface area contributed by atoms with Gasteiger partial charge in [-0.15, -0.1) is 11.3 Å². The van der Waals surface area contributed by atoms with Crippen molar-refractivity contribution < 1.29 is 18.3 Å². The number of likely N-dealkylation sites (N-methyl/N-ethyl adjacent to an activating group) is 1. The molecule has 1 aromatic heterocycles. The van der Waals surface area contributed by atoms with E-state index >= 15 is 0 Å². The molecule has 0 fully saturated rings. The van der Waals surface area contributed by atoms with E-state index in [0.717, 1.165) is 10.7 Å². The van der Waals surface area contributed by atoms with Crippen molar-refractivity contribution in [1.82, 2.24) is 9.88 Å². The van der Waals surface area contributed by atoms with E-state index in [1.807, 2.05) is 19.2 Å². The molecular formula is C11H17F3N2OS. The summed E-state index contributed by atoms with van der Waals surface area (Å²) in [6, 6.07) is 0. The Kier molecular flexibility index (Phi) is 5.12. The van der Waals surface area contributed by atoms with Crippen LogP contribution in [0.25, 0.3) is 0 Å². The fourth-order valence-electron chi connectivity index (χ4n) is 1.40. The van der Waals surface area contributed by atoms with E-state index in [2.05, 4.69) is 4.98 Å². The molecule has 0 radical (unpaired) electrons. The van der Waals surface area contributed by atoms with E-state index in [4.69, 9.17) is 5.11 Å². The summed E-state index contributed by atoms with van der Waals surface area (Å²) in [7, 11) is 1.53. The topological polar surface area (TPSA) is 36.4 Å². The third kappa shape index (κ3) is 4.55. The summed E-state index contributed by atoms with van der Waals surface area (Å²) in [5.74, 6) is 0.315. The monoisotopic (exact) mass is 282 g/mol. The molecule has 0 spiro atoms. The van der Waals surface area contributed by atoms with Gasteiger partial charge in [0.15, 0.2) is 6.10 Å². The summed E-state index contributed by atoms with van der Waals surface area (Å²) in [4.78, 5) is 5.75. The van der Waals surface area contributed by atoms with E-state index in [1.54, 1.807) is 0 Å². The quantitative estimate of drug-likeness (QED) is 0.902. The zero-order chi connectivity index (χ0) is 13.9. The van der Waals surface area contributed by atoms with Crippen LogP contribution < -0.4 is 0 Å². The first-order valence-corrected chi connectivity index (χ1v) is 6.45. The third-order valence-corrected chi connectivity index (χ3v) is 3.55. The summed E-state index contributed by atoms with van der Waals surface area (Å²) in [6.45, 7) is 3.88. The van der Waals surface area contributed by atoms with Gasteiger partial charge in [0, 0.05) is 24.4 Å². The van der Waals surface area contributed by atoms with Gasteiger partial charge in [0.2, 0.25) is 0 Å². The van der Waals surface area contributed by atoms with Gasteiger partial charge in [-0.1, -0.05) is 13.8 Å². The molecule has 104 valence electrons. The molecule has 0 aliphatic heterocycles. The van der Waals surface area contributed by atoms with Gasteiger partial charge in [0.05, 0.1) is 10.7 Å². The molecule has 1 atom stereocenters. The standard InChI is InChI=1S/C11H17F3N2OS/c1-7(2)10-15-8(6-18-10)4-16(3)5-9(17)11(12,13)14/h6-7,9,17H,4-5H2,1-3H3. The highest BCUT2D eigenvalue weighted by molar-refractivity contribution is 7.09. The van der Waals surface area contributed by atoms with E-state index in [-0.39, 0.29) is 0 Å². The zero-order valence-corrected chi connectivity index (χ0v) is 11.3. The number of alkyl halides is 3. The van der Waals surface area contributed by atoms with Crippen LogP contribution in [0.1, 0.15) is 30.5 Å². The molecule has 1 aromatic rings. The largest absolute Gasteiger partial charge is 0.415 e. The second-order valence-electron chi connectivity index (χ2n) is 4.59. The van der Waals surface area contributed by atoms with Gasteiger partial charge >= 0.3 is 6.18 Å². The number of halogens is 3. The Hall–Kier alpha value is -0.660. The van der Waals surface area contributed by atoms with Crippen LogP contribution in [0.2, 0.25) is 0 Å². The van der Waals surface area contributed by atoms with Crippen LogP contribution in [0, 0.1) is 0 Å². The molecule has 0 aliphatic rings. The number of aliphatic hydroxyl groups excluding tert-OH is 1. The Morgan fingerprint density at radius 1 is 1.44 bits per heavy atom. The maximum atomic E-state index is 12.2. The summed E-state index contributed by atoms with van der Waals surface area (Å²) < 4.78 is 36.5. The molecule has 0 bridgehead atoms. The molecule has 3 nitrogen and oxygen atoms in total. The van der Waals surface area contributed by atoms with Crippen molar-refractivity contribution in [3.8, 4) is 0 Å². The van der Waals surface area contributed by atoms with Gasteiger partial charge < -0.3 is 5.11 Å². The molecule has 0 amide bonds. The van der Waals surface area contributed by atoms with Gasteiger partial charge in [0.1, 0.15) is 0 Å². The van der Waals surface area contributed by atoms with Crippen molar-refractivity contribution >= 4 is 11.3 Å². The predicted molar refractivity (Wildman–Crippen MR) is 64.6 cm³/mol. The lowest BCUT2D eigenvalue weighted by molar-refractivity contribution is -0.207. The van der Waals surface area contributed by atoms with Crippen LogP contribution >= 0.6 is 11.3 Å². The van der Waals surface area contributed by atoms with Gasteiger partial charge in [-0.05, 0) is 7.05 Å². The van der Waals surface area contributed by atoms with Crippen LogP contribution in [-0.2, 0) is 6.54 Å². The van der Waals surface area contributed by atoms with Gasteiger partial charge in [-0.3, -0.25) is 4.90 Å². The minimum atomic E-state index is -4.57. The lowest BCUT2D eigenvalue weighted by atomic mass is 10.2. The molecule has 0 saturated heterocycles. The van der Waals surface area contributed by atoms with Crippen molar-refractivity contribution in [2.45, 2.75) is 38.6 Å².